The van der Waals surface area contributed by atoms with Crippen LogP contribution in [0.3, 0.4) is 0 Å². The third kappa shape index (κ3) is 3.86. The number of nitrogens with zero attached hydrogens (tertiary/aromatic N) is 2. The summed E-state index contributed by atoms with van der Waals surface area (Å²) in [6.45, 7) is 0.163. The lowest BCUT2D eigenvalue weighted by atomic mass is 10.1. The molecule has 2 rings (SSSR count). The van der Waals surface area contributed by atoms with Crippen molar-refractivity contribution in [3.05, 3.63) is 65.7 Å². The molecule has 1 unspecified atom stereocenters. The summed E-state index contributed by atoms with van der Waals surface area (Å²) in [4.78, 5) is 18.2. The van der Waals surface area contributed by atoms with Crippen LogP contribution in [0.5, 0.6) is 0 Å². The molecule has 1 heterocycles. The molecule has 1 amide bonds. The summed E-state index contributed by atoms with van der Waals surface area (Å²) in [6, 6.07) is 9.59. The van der Waals surface area contributed by atoms with Gasteiger partial charge in [-0.1, -0.05) is 24.3 Å². The Morgan fingerprint density at radius 3 is 2.67 bits per heavy atom. The van der Waals surface area contributed by atoms with Crippen LogP contribution in [0.15, 0.2) is 48.8 Å². The number of benzene rings is 1. The number of rotatable bonds is 5. The molecule has 21 heavy (non-hydrogen) atoms. The Morgan fingerprint density at radius 1 is 1.29 bits per heavy atom. The molecule has 1 aromatic carbocycles. The number of nitrogens with one attached hydrogen (secondary N) is 1. The van der Waals surface area contributed by atoms with Crippen molar-refractivity contribution >= 4 is 5.91 Å². The fraction of sp³-hybridized carbons (Fsp3) is 0.250. The number of carbonyl (C=O) groups excluding carboxylic acids is 1. The SMILES string of the molecule is CN(C)C(C(=O)NCc1ccccc1F)c1cccnc1. The predicted octanol–water partition coefficient (Wildman–Crippen LogP) is 2.14. The molecule has 0 fully saturated rings. The molecular weight excluding hydrogens is 269 g/mol. The Morgan fingerprint density at radius 2 is 2.05 bits per heavy atom. The van der Waals surface area contributed by atoms with Crippen LogP contribution in [-0.4, -0.2) is 29.9 Å². The average Bonchev–Trinajstić information content (AvgIpc) is 2.47. The van der Waals surface area contributed by atoms with Crippen molar-refractivity contribution in [2.75, 3.05) is 14.1 Å². The number of hydrogen-bond acceptors (Lipinski definition) is 3. The first-order valence-electron chi connectivity index (χ1n) is 6.67. The summed E-state index contributed by atoms with van der Waals surface area (Å²) in [6.07, 6.45) is 3.32. The third-order valence-electron chi connectivity index (χ3n) is 3.18. The van der Waals surface area contributed by atoms with Gasteiger partial charge in [0.15, 0.2) is 0 Å². The number of hydrogen-bond donors (Lipinski definition) is 1. The van der Waals surface area contributed by atoms with Crippen LogP contribution in [0.2, 0.25) is 0 Å². The summed E-state index contributed by atoms with van der Waals surface area (Å²) in [5.74, 6) is -0.503. The summed E-state index contributed by atoms with van der Waals surface area (Å²) in [7, 11) is 3.64. The number of amides is 1. The zero-order valence-corrected chi connectivity index (χ0v) is 12.1. The van der Waals surface area contributed by atoms with Gasteiger partial charge in [-0.15, -0.1) is 0 Å². The maximum Gasteiger partial charge on any atom is 0.242 e. The van der Waals surface area contributed by atoms with Gasteiger partial charge in [-0.2, -0.15) is 0 Å². The Balaban J connectivity index is 2.08. The molecule has 0 bridgehead atoms. The number of aromatic nitrogens is 1. The Hall–Kier alpha value is -2.27. The zero-order valence-electron chi connectivity index (χ0n) is 12.1. The minimum atomic E-state index is -0.453. The number of carbonyl (C=O) groups is 1. The van der Waals surface area contributed by atoms with E-state index in [2.05, 4.69) is 10.3 Å². The highest BCUT2D eigenvalue weighted by Gasteiger charge is 2.22. The van der Waals surface area contributed by atoms with E-state index in [0.717, 1.165) is 5.56 Å². The van der Waals surface area contributed by atoms with E-state index in [0.29, 0.717) is 5.56 Å². The lowest BCUT2D eigenvalue weighted by molar-refractivity contribution is -0.126. The van der Waals surface area contributed by atoms with Gasteiger partial charge in [-0.25, -0.2) is 4.39 Å². The first kappa shape index (κ1) is 15.1. The number of likely N-dealkylation sites (N-methyl/N-ethyl adjacent to an activating group) is 1. The van der Waals surface area contributed by atoms with Crippen LogP contribution < -0.4 is 5.32 Å². The van der Waals surface area contributed by atoms with Gasteiger partial charge in [0.1, 0.15) is 11.9 Å². The number of pyridine rings is 1. The number of halogens is 1. The van der Waals surface area contributed by atoms with Gasteiger partial charge in [-0.3, -0.25) is 14.7 Å². The zero-order chi connectivity index (χ0) is 15.2. The molecular formula is C16H18FN3O. The molecule has 1 N–H and O–H groups in total. The van der Waals surface area contributed by atoms with Crippen molar-refractivity contribution in [3.63, 3.8) is 0 Å². The highest BCUT2D eigenvalue weighted by atomic mass is 19.1. The molecule has 2 aromatic rings. The molecule has 1 aromatic heterocycles. The second kappa shape index (κ2) is 6.95. The largest absolute Gasteiger partial charge is 0.350 e. The van der Waals surface area contributed by atoms with Gasteiger partial charge in [0.2, 0.25) is 5.91 Å². The van der Waals surface area contributed by atoms with E-state index >= 15 is 0 Å². The van der Waals surface area contributed by atoms with Crippen LogP contribution in [-0.2, 0) is 11.3 Å². The van der Waals surface area contributed by atoms with Gasteiger partial charge in [0.05, 0.1) is 0 Å². The topological polar surface area (TPSA) is 45.2 Å². The summed E-state index contributed by atoms with van der Waals surface area (Å²) >= 11 is 0. The van der Waals surface area contributed by atoms with Crippen molar-refractivity contribution < 1.29 is 9.18 Å². The van der Waals surface area contributed by atoms with E-state index in [9.17, 15) is 9.18 Å². The molecule has 0 aliphatic rings. The van der Waals surface area contributed by atoms with Crippen molar-refractivity contribution in [2.45, 2.75) is 12.6 Å². The second-order valence-corrected chi connectivity index (χ2v) is 4.96. The van der Waals surface area contributed by atoms with Gasteiger partial charge in [-0.05, 0) is 31.8 Å². The Bertz CT molecular complexity index is 601. The van der Waals surface area contributed by atoms with Crippen LogP contribution in [0.25, 0.3) is 0 Å². The molecule has 0 radical (unpaired) electrons. The molecule has 0 saturated heterocycles. The average molecular weight is 287 g/mol. The Kier molecular flexibility index (Phi) is 5.00. The van der Waals surface area contributed by atoms with Crippen LogP contribution >= 0.6 is 0 Å². The molecule has 1 atom stereocenters. The van der Waals surface area contributed by atoms with Crippen LogP contribution in [0, 0.1) is 5.82 Å². The van der Waals surface area contributed by atoms with Gasteiger partial charge in [0, 0.05) is 24.5 Å². The van der Waals surface area contributed by atoms with Crippen molar-refractivity contribution in [2.24, 2.45) is 0 Å². The van der Waals surface area contributed by atoms with E-state index in [1.54, 1.807) is 41.6 Å². The summed E-state index contributed by atoms with van der Waals surface area (Å²) in [5.41, 5.74) is 1.27. The van der Waals surface area contributed by atoms with E-state index in [4.69, 9.17) is 0 Å². The Labute approximate surface area is 123 Å². The molecule has 0 saturated carbocycles. The van der Waals surface area contributed by atoms with Crippen LogP contribution in [0.1, 0.15) is 17.2 Å². The van der Waals surface area contributed by atoms with E-state index in [1.807, 2.05) is 20.2 Å². The molecule has 4 nitrogen and oxygen atoms in total. The standard InChI is InChI=1S/C16H18FN3O/c1-20(2)15(13-7-5-9-18-10-13)16(21)19-11-12-6-3-4-8-14(12)17/h3-10,15H,11H2,1-2H3,(H,19,21). The van der Waals surface area contributed by atoms with E-state index in [-0.39, 0.29) is 18.3 Å². The fourth-order valence-electron chi connectivity index (χ4n) is 2.14. The highest BCUT2D eigenvalue weighted by molar-refractivity contribution is 5.83. The van der Waals surface area contributed by atoms with E-state index < -0.39 is 6.04 Å². The quantitative estimate of drug-likeness (QED) is 0.916. The van der Waals surface area contributed by atoms with Crippen molar-refractivity contribution in [1.82, 2.24) is 15.2 Å². The lowest BCUT2D eigenvalue weighted by Crippen LogP contribution is -2.36. The molecule has 5 heteroatoms. The molecule has 0 spiro atoms. The minimum absolute atomic E-state index is 0.163. The molecule has 110 valence electrons. The van der Waals surface area contributed by atoms with Crippen molar-refractivity contribution in [3.8, 4) is 0 Å². The predicted molar refractivity (Wildman–Crippen MR) is 78.9 cm³/mol. The summed E-state index contributed by atoms with van der Waals surface area (Å²) < 4.78 is 13.6. The van der Waals surface area contributed by atoms with Gasteiger partial charge >= 0.3 is 0 Å². The lowest BCUT2D eigenvalue weighted by Gasteiger charge is -2.23. The normalized spacial score (nSPS) is 12.2. The maximum absolute atomic E-state index is 13.6. The van der Waals surface area contributed by atoms with Gasteiger partial charge in [0.25, 0.3) is 0 Å². The first-order valence-corrected chi connectivity index (χ1v) is 6.67. The fourth-order valence-corrected chi connectivity index (χ4v) is 2.14. The highest BCUT2D eigenvalue weighted by Crippen LogP contribution is 2.17. The molecule has 0 aliphatic carbocycles. The van der Waals surface area contributed by atoms with Gasteiger partial charge < -0.3 is 5.32 Å². The van der Waals surface area contributed by atoms with Crippen LogP contribution in [0.4, 0.5) is 4.39 Å². The smallest absolute Gasteiger partial charge is 0.242 e. The summed E-state index contributed by atoms with van der Waals surface area (Å²) in [5, 5.41) is 2.77. The minimum Gasteiger partial charge on any atom is -0.350 e. The second-order valence-electron chi connectivity index (χ2n) is 4.96. The molecule has 0 aliphatic heterocycles. The third-order valence-corrected chi connectivity index (χ3v) is 3.18. The van der Waals surface area contributed by atoms with Crippen molar-refractivity contribution in [1.29, 1.82) is 0 Å². The van der Waals surface area contributed by atoms with E-state index in [1.165, 1.54) is 6.07 Å². The maximum atomic E-state index is 13.6. The monoisotopic (exact) mass is 287 g/mol. The first-order chi connectivity index (χ1) is 10.1.